The molecule has 2 N–H and O–H groups in total. The largest absolute Gasteiger partial charge is 0.481 e. The van der Waals surface area contributed by atoms with Crippen LogP contribution in [0.4, 0.5) is 0 Å². The summed E-state index contributed by atoms with van der Waals surface area (Å²) in [5.74, 6) is 0.671. The van der Waals surface area contributed by atoms with E-state index in [1.165, 1.54) is 13.3 Å². The predicted molar refractivity (Wildman–Crippen MR) is 101 cm³/mol. The summed E-state index contributed by atoms with van der Waals surface area (Å²) >= 11 is 0. The molecule has 3 saturated heterocycles. The Labute approximate surface area is 167 Å². The molecule has 0 aliphatic carbocycles. The molecule has 29 heavy (non-hydrogen) atoms. The number of methoxy groups -OCH3 is 1. The predicted octanol–water partition coefficient (Wildman–Crippen LogP) is 0.863. The molecule has 3 fully saturated rings. The second kappa shape index (κ2) is 6.84. The van der Waals surface area contributed by atoms with Crippen LogP contribution in [-0.2, 0) is 4.74 Å². The quantitative estimate of drug-likeness (QED) is 0.775. The highest BCUT2D eigenvalue weighted by Gasteiger charge is 2.63. The number of aromatic amines is 1. The van der Waals surface area contributed by atoms with Gasteiger partial charge in [0.05, 0.1) is 30.9 Å². The van der Waals surface area contributed by atoms with Gasteiger partial charge in [-0.1, -0.05) is 0 Å². The molecule has 2 aromatic heterocycles. The fourth-order valence-electron chi connectivity index (χ4n) is 5.11. The smallest absolute Gasteiger partial charge is 0.271 e. The number of rotatable bonds is 5. The summed E-state index contributed by atoms with van der Waals surface area (Å²) in [6, 6.07) is 5.05. The van der Waals surface area contributed by atoms with Gasteiger partial charge in [-0.15, -0.1) is 0 Å². The summed E-state index contributed by atoms with van der Waals surface area (Å²) in [6.45, 7) is 1.76. The standard InChI is InChI=1S/C20H23N5O4/c1-28-17-3-2-12(8-21-17)18(26)22-9-13-14-10-25(19(27)15-5-7-23-24-15)11-20(14)6-4-16(13)29-20/h2-3,5,7-8,13-14,16H,4,6,9-11H2,1H3,(H,22,26)(H,23,24)/t13-,14+,16+,20+/m0/s1. The van der Waals surface area contributed by atoms with Gasteiger partial charge in [-0.2, -0.15) is 5.10 Å². The van der Waals surface area contributed by atoms with Gasteiger partial charge in [-0.25, -0.2) is 4.98 Å². The lowest BCUT2D eigenvalue weighted by Gasteiger charge is -2.29. The van der Waals surface area contributed by atoms with Crippen LogP contribution >= 0.6 is 0 Å². The minimum absolute atomic E-state index is 0.0505. The number of H-pyrrole nitrogens is 1. The highest BCUT2D eigenvalue weighted by atomic mass is 16.5. The van der Waals surface area contributed by atoms with Gasteiger partial charge in [-0.3, -0.25) is 14.7 Å². The molecule has 2 amide bonds. The van der Waals surface area contributed by atoms with E-state index in [2.05, 4.69) is 20.5 Å². The first kappa shape index (κ1) is 18.1. The molecule has 3 aliphatic heterocycles. The van der Waals surface area contributed by atoms with E-state index in [4.69, 9.17) is 9.47 Å². The van der Waals surface area contributed by atoms with Crippen LogP contribution in [0.25, 0.3) is 0 Å². The van der Waals surface area contributed by atoms with Crippen LogP contribution in [-0.4, -0.2) is 70.3 Å². The van der Waals surface area contributed by atoms with Crippen molar-refractivity contribution in [1.29, 1.82) is 0 Å². The molecule has 9 heteroatoms. The molecule has 0 unspecified atom stereocenters. The van der Waals surface area contributed by atoms with Crippen molar-refractivity contribution in [3.05, 3.63) is 41.9 Å². The Morgan fingerprint density at radius 2 is 2.31 bits per heavy atom. The summed E-state index contributed by atoms with van der Waals surface area (Å²) in [4.78, 5) is 31.2. The zero-order valence-corrected chi connectivity index (χ0v) is 16.1. The Hall–Kier alpha value is -2.94. The number of pyridine rings is 1. The zero-order chi connectivity index (χ0) is 20.0. The number of carbonyl (C=O) groups excluding carboxylic acids is 2. The van der Waals surface area contributed by atoms with Crippen molar-refractivity contribution in [3.8, 4) is 5.88 Å². The molecule has 152 valence electrons. The van der Waals surface area contributed by atoms with Crippen molar-refractivity contribution in [2.45, 2.75) is 24.5 Å². The van der Waals surface area contributed by atoms with Gasteiger partial charge in [0.15, 0.2) is 0 Å². The maximum absolute atomic E-state index is 12.7. The second-order valence-electron chi connectivity index (χ2n) is 7.99. The van der Waals surface area contributed by atoms with Gasteiger partial charge in [-0.05, 0) is 25.0 Å². The maximum atomic E-state index is 12.7. The maximum Gasteiger partial charge on any atom is 0.271 e. The normalized spacial score (nSPS) is 29.7. The minimum Gasteiger partial charge on any atom is -0.481 e. The van der Waals surface area contributed by atoms with E-state index in [1.54, 1.807) is 24.4 Å². The number of amides is 2. The van der Waals surface area contributed by atoms with Crippen molar-refractivity contribution in [3.63, 3.8) is 0 Å². The summed E-state index contributed by atoms with van der Waals surface area (Å²) in [7, 11) is 1.54. The fourth-order valence-corrected chi connectivity index (χ4v) is 5.11. The topological polar surface area (TPSA) is 109 Å². The van der Waals surface area contributed by atoms with Crippen LogP contribution in [0.15, 0.2) is 30.6 Å². The van der Waals surface area contributed by atoms with Crippen molar-refractivity contribution in [1.82, 2.24) is 25.4 Å². The van der Waals surface area contributed by atoms with Crippen LogP contribution in [0.5, 0.6) is 5.88 Å². The number of nitrogens with zero attached hydrogens (tertiary/aromatic N) is 3. The number of aromatic nitrogens is 3. The van der Waals surface area contributed by atoms with Crippen molar-refractivity contribution in [2.24, 2.45) is 11.8 Å². The molecule has 2 bridgehead atoms. The highest BCUT2D eigenvalue weighted by molar-refractivity contribution is 5.94. The molecular weight excluding hydrogens is 374 g/mol. The van der Waals surface area contributed by atoms with Crippen LogP contribution in [0.1, 0.15) is 33.7 Å². The van der Waals surface area contributed by atoms with E-state index in [0.717, 1.165) is 12.8 Å². The molecule has 5 heterocycles. The molecular formula is C20H23N5O4. The summed E-state index contributed by atoms with van der Waals surface area (Å²) < 4.78 is 11.4. The Morgan fingerprint density at radius 1 is 1.41 bits per heavy atom. The second-order valence-corrected chi connectivity index (χ2v) is 7.99. The molecule has 0 aromatic carbocycles. The lowest BCUT2D eigenvalue weighted by atomic mass is 9.73. The van der Waals surface area contributed by atoms with E-state index >= 15 is 0 Å². The number of likely N-dealkylation sites (tertiary alicyclic amines) is 1. The Bertz CT molecular complexity index is 915. The summed E-state index contributed by atoms with van der Waals surface area (Å²) in [6.07, 6.45) is 5.15. The lowest BCUT2D eigenvalue weighted by Crippen LogP contribution is -2.41. The van der Waals surface area contributed by atoms with Gasteiger partial charge in [0.25, 0.3) is 11.8 Å². The van der Waals surface area contributed by atoms with Crippen LogP contribution in [0.3, 0.4) is 0 Å². The van der Waals surface area contributed by atoms with Crippen molar-refractivity contribution < 1.29 is 19.1 Å². The third kappa shape index (κ3) is 2.96. The molecule has 9 nitrogen and oxygen atoms in total. The minimum atomic E-state index is -0.280. The van der Waals surface area contributed by atoms with Gasteiger partial charge in [0.2, 0.25) is 5.88 Å². The Kier molecular flexibility index (Phi) is 4.27. The first-order valence-corrected chi connectivity index (χ1v) is 9.84. The van der Waals surface area contributed by atoms with Crippen LogP contribution in [0.2, 0.25) is 0 Å². The number of hydrogen-bond acceptors (Lipinski definition) is 6. The molecule has 1 spiro atoms. The summed E-state index contributed by atoms with van der Waals surface area (Å²) in [5, 5.41) is 9.64. The third-order valence-electron chi connectivity index (χ3n) is 6.51. The Balaban J connectivity index is 1.25. The van der Waals surface area contributed by atoms with Gasteiger partial charge in [0.1, 0.15) is 5.69 Å². The molecule has 0 saturated carbocycles. The molecule has 0 radical (unpaired) electrons. The number of hydrogen-bond donors (Lipinski definition) is 2. The van der Waals surface area contributed by atoms with Crippen molar-refractivity contribution >= 4 is 11.8 Å². The average molecular weight is 397 g/mol. The first-order chi connectivity index (χ1) is 14.1. The molecule has 3 aliphatic rings. The summed E-state index contributed by atoms with van der Waals surface area (Å²) in [5.41, 5.74) is 0.706. The van der Waals surface area contributed by atoms with Gasteiger partial charge >= 0.3 is 0 Å². The molecule has 5 rings (SSSR count). The number of fused-ring (bicyclic) bond motifs is 1. The fraction of sp³-hybridized carbons (Fsp3) is 0.500. The Morgan fingerprint density at radius 3 is 3.03 bits per heavy atom. The third-order valence-corrected chi connectivity index (χ3v) is 6.51. The number of nitrogens with one attached hydrogen (secondary N) is 2. The van der Waals surface area contributed by atoms with Crippen molar-refractivity contribution in [2.75, 3.05) is 26.7 Å². The molecule has 4 atom stereocenters. The van der Waals surface area contributed by atoms with Crippen LogP contribution < -0.4 is 10.1 Å². The van der Waals surface area contributed by atoms with E-state index in [0.29, 0.717) is 36.8 Å². The average Bonchev–Trinajstić information content (AvgIpc) is 3.52. The van der Waals surface area contributed by atoms with E-state index in [-0.39, 0.29) is 35.4 Å². The SMILES string of the molecule is COc1ccc(C(=O)NC[C@H]2[C@H]3CN(C(=O)c4ccn[nH]4)C[C@]34CC[C@H]2O4)cn1. The van der Waals surface area contributed by atoms with Crippen LogP contribution in [0, 0.1) is 11.8 Å². The lowest BCUT2D eigenvalue weighted by molar-refractivity contribution is 0.00311. The number of carbonyl (C=O) groups is 2. The van der Waals surface area contributed by atoms with E-state index < -0.39 is 0 Å². The van der Waals surface area contributed by atoms with Gasteiger partial charge < -0.3 is 19.7 Å². The van der Waals surface area contributed by atoms with Gasteiger partial charge in [0, 0.05) is 43.4 Å². The van der Waals surface area contributed by atoms with E-state index in [9.17, 15) is 9.59 Å². The zero-order valence-electron chi connectivity index (χ0n) is 16.1. The monoisotopic (exact) mass is 397 g/mol. The first-order valence-electron chi connectivity index (χ1n) is 9.84. The molecule has 2 aromatic rings. The van der Waals surface area contributed by atoms with E-state index in [1.807, 2.05) is 4.90 Å². The highest BCUT2D eigenvalue weighted by Crippen LogP contribution is 2.54. The number of ether oxygens (including phenoxy) is 2.